The number of methoxy groups -OCH3 is 1. The van der Waals surface area contributed by atoms with E-state index < -0.39 is 10.0 Å². The van der Waals surface area contributed by atoms with Crippen molar-refractivity contribution in [1.29, 1.82) is 0 Å². The van der Waals surface area contributed by atoms with E-state index in [-0.39, 0.29) is 23.0 Å². The number of nitrogens with one attached hydrogen (secondary N) is 2. The van der Waals surface area contributed by atoms with E-state index in [1.807, 2.05) is 19.1 Å². The van der Waals surface area contributed by atoms with Gasteiger partial charge in [-0.2, -0.15) is 0 Å². The molecule has 0 aliphatic heterocycles. The quantitative estimate of drug-likeness (QED) is 0.744. The Morgan fingerprint density at radius 1 is 1.24 bits per heavy atom. The van der Waals surface area contributed by atoms with Crippen LogP contribution in [0.2, 0.25) is 0 Å². The molecule has 0 aromatic heterocycles. The lowest BCUT2D eigenvalue weighted by Crippen LogP contribution is -2.24. The van der Waals surface area contributed by atoms with Crippen LogP contribution in [0, 0.1) is 6.92 Å². The number of ether oxygens (including phenoxy) is 1. The highest BCUT2D eigenvalue weighted by Gasteiger charge is 2.17. The Balaban J connectivity index is 2.36. The first-order chi connectivity index (χ1) is 11.9. The average Bonchev–Trinajstić information content (AvgIpc) is 2.60. The van der Waals surface area contributed by atoms with Gasteiger partial charge >= 0.3 is 0 Å². The number of benzene rings is 2. The van der Waals surface area contributed by atoms with E-state index >= 15 is 0 Å². The molecule has 0 unspecified atom stereocenters. The second-order valence-corrected chi connectivity index (χ2v) is 7.04. The van der Waals surface area contributed by atoms with E-state index in [0.29, 0.717) is 11.3 Å². The first kappa shape index (κ1) is 18.7. The lowest BCUT2D eigenvalue weighted by atomic mass is 10.1. The van der Waals surface area contributed by atoms with Crippen LogP contribution in [0.4, 0.5) is 5.69 Å². The minimum atomic E-state index is -3.71. The Bertz CT molecular complexity index is 892. The van der Waals surface area contributed by atoms with E-state index in [1.165, 1.54) is 31.4 Å². The topological polar surface area (TPSA) is 84.5 Å². The molecule has 132 valence electrons. The monoisotopic (exact) mass is 360 g/mol. The maximum absolute atomic E-state index is 12.5. The van der Waals surface area contributed by atoms with Crippen molar-refractivity contribution in [3.05, 3.63) is 66.2 Å². The summed E-state index contributed by atoms with van der Waals surface area (Å²) in [7, 11) is -2.26. The van der Waals surface area contributed by atoms with Gasteiger partial charge in [0.05, 0.1) is 17.7 Å². The van der Waals surface area contributed by atoms with Crippen molar-refractivity contribution in [2.45, 2.75) is 11.8 Å². The van der Waals surface area contributed by atoms with Crippen molar-refractivity contribution in [2.75, 3.05) is 19.0 Å². The standard InChI is InChI=1S/C18H20N2O4S/c1-4-11-19-25(22,23)14-9-10-17(24-3)16(12-14)20-18(21)15-8-6-5-7-13(15)2/h4-10,12,19H,1,11H2,2-3H3,(H,20,21). The molecule has 0 aliphatic carbocycles. The zero-order chi connectivity index (χ0) is 18.4. The van der Waals surface area contributed by atoms with Gasteiger partial charge in [0.25, 0.3) is 5.91 Å². The molecule has 0 spiro atoms. The summed E-state index contributed by atoms with van der Waals surface area (Å²) in [5.74, 6) is 0.0228. The maximum atomic E-state index is 12.5. The number of rotatable bonds is 7. The molecule has 2 aromatic carbocycles. The normalized spacial score (nSPS) is 11.0. The molecule has 2 N–H and O–H groups in total. The Morgan fingerprint density at radius 3 is 2.60 bits per heavy atom. The molecule has 0 saturated carbocycles. The van der Waals surface area contributed by atoms with Crippen LogP contribution >= 0.6 is 0 Å². The molecule has 1 amide bonds. The molecule has 0 radical (unpaired) electrons. The van der Waals surface area contributed by atoms with Crippen molar-refractivity contribution in [3.63, 3.8) is 0 Å². The highest BCUT2D eigenvalue weighted by molar-refractivity contribution is 7.89. The largest absolute Gasteiger partial charge is 0.495 e. The van der Waals surface area contributed by atoms with E-state index in [4.69, 9.17) is 4.74 Å². The van der Waals surface area contributed by atoms with E-state index in [9.17, 15) is 13.2 Å². The van der Waals surface area contributed by atoms with E-state index in [2.05, 4.69) is 16.6 Å². The second-order valence-electron chi connectivity index (χ2n) is 5.27. The highest BCUT2D eigenvalue weighted by atomic mass is 32.2. The van der Waals surface area contributed by atoms with Crippen molar-refractivity contribution < 1.29 is 17.9 Å². The molecule has 0 fully saturated rings. The molecule has 2 aromatic rings. The van der Waals surface area contributed by atoms with Crippen LogP contribution in [0.1, 0.15) is 15.9 Å². The zero-order valence-corrected chi connectivity index (χ0v) is 14.9. The van der Waals surface area contributed by atoms with Gasteiger partial charge in [-0.15, -0.1) is 6.58 Å². The molecule has 25 heavy (non-hydrogen) atoms. The Morgan fingerprint density at radius 2 is 1.96 bits per heavy atom. The predicted octanol–water partition coefficient (Wildman–Crippen LogP) is 2.72. The first-order valence-corrected chi connectivity index (χ1v) is 9.03. The minimum absolute atomic E-state index is 0.0234. The molecule has 0 atom stereocenters. The number of carbonyl (C=O) groups is 1. The summed E-state index contributed by atoms with van der Waals surface area (Å²) in [6.07, 6.45) is 1.45. The Hall–Kier alpha value is -2.64. The van der Waals surface area contributed by atoms with Gasteiger partial charge in [0.15, 0.2) is 0 Å². The fraction of sp³-hybridized carbons (Fsp3) is 0.167. The summed E-state index contributed by atoms with van der Waals surface area (Å²) in [5.41, 5.74) is 1.59. The van der Waals surface area contributed by atoms with Gasteiger partial charge in [-0.05, 0) is 36.8 Å². The van der Waals surface area contributed by atoms with E-state index in [1.54, 1.807) is 12.1 Å². The zero-order valence-electron chi connectivity index (χ0n) is 14.1. The lowest BCUT2D eigenvalue weighted by molar-refractivity contribution is 0.102. The summed E-state index contributed by atoms with van der Waals surface area (Å²) >= 11 is 0. The number of hydrogen-bond donors (Lipinski definition) is 2. The molecule has 7 heteroatoms. The van der Waals surface area contributed by atoms with Gasteiger partial charge in [-0.1, -0.05) is 24.3 Å². The van der Waals surface area contributed by atoms with Crippen molar-refractivity contribution in [2.24, 2.45) is 0 Å². The molecular weight excluding hydrogens is 340 g/mol. The molecule has 0 saturated heterocycles. The molecule has 0 aliphatic rings. The fourth-order valence-electron chi connectivity index (χ4n) is 2.22. The average molecular weight is 360 g/mol. The number of anilines is 1. The van der Waals surface area contributed by atoms with Crippen molar-refractivity contribution in [3.8, 4) is 5.75 Å². The number of carbonyl (C=O) groups excluding carboxylic acids is 1. The van der Waals surface area contributed by atoms with Gasteiger partial charge in [0.1, 0.15) is 5.75 Å². The third-order valence-electron chi connectivity index (χ3n) is 3.54. The third kappa shape index (κ3) is 4.46. The van der Waals surface area contributed by atoms with Crippen LogP contribution in [-0.4, -0.2) is 28.0 Å². The van der Waals surface area contributed by atoms with Gasteiger partial charge < -0.3 is 10.1 Å². The van der Waals surface area contributed by atoms with Crippen LogP contribution in [0.25, 0.3) is 0 Å². The van der Waals surface area contributed by atoms with Crippen molar-refractivity contribution >= 4 is 21.6 Å². The van der Waals surface area contributed by atoms with Crippen LogP contribution in [0.15, 0.2) is 60.0 Å². The van der Waals surface area contributed by atoms with Crippen molar-refractivity contribution in [1.82, 2.24) is 4.72 Å². The Kier molecular flexibility index (Phi) is 5.95. The predicted molar refractivity (Wildman–Crippen MR) is 97.5 cm³/mol. The summed E-state index contributed by atoms with van der Waals surface area (Å²) in [6, 6.07) is 11.4. The van der Waals surface area contributed by atoms with Gasteiger partial charge in [-0.3, -0.25) is 4.79 Å². The summed E-state index contributed by atoms with van der Waals surface area (Å²) in [6.45, 7) is 5.42. The molecule has 2 rings (SSSR count). The fourth-order valence-corrected chi connectivity index (χ4v) is 3.25. The molecule has 6 nitrogen and oxygen atoms in total. The SMILES string of the molecule is C=CCNS(=O)(=O)c1ccc(OC)c(NC(=O)c2ccccc2C)c1. The lowest BCUT2D eigenvalue weighted by Gasteiger charge is -2.13. The summed E-state index contributed by atoms with van der Waals surface area (Å²) in [5, 5.41) is 2.71. The van der Waals surface area contributed by atoms with Crippen LogP contribution in [0.3, 0.4) is 0 Å². The maximum Gasteiger partial charge on any atom is 0.256 e. The first-order valence-electron chi connectivity index (χ1n) is 7.54. The Labute approximate surface area is 147 Å². The number of hydrogen-bond acceptors (Lipinski definition) is 4. The number of amides is 1. The molecule has 0 heterocycles. The van der Waals surface area contributed by atoms with Gasteiger partial charge in [0, 0.05) is 12.1 Å². The number of sulfonamides is 1. The second kappa shape index (κ2) is 7.96. The minimum Gasteiger partial charge on any atom is -0.495 e. The van der Waals surface area contributed by atoms with Crippen LogP contribution in [-0.2, 0) is 10.0 Å². The van der Waals surface area contributed by atoms with Gasteiger partial charge in [0.2, 0.25) is 10.0 Å². The molecule has 0 bridgehead atoms. The van der Waals surface area contributed by atoms with Gasteiger partial charge in [-0.25, -0.2) is 13.1 Å². The highest BCUT2D eigenvalue weighted by Crippen LogP contribution is 2.28. The summed E-state index contributed by atoms with van der Waals surface area (Å²) in [4.78, 5) is 12.5. The molecular formula is C18H20N2O4S. The van der Waals surface area contributed by atoms with Crippen LogP contribution < -0.4 is 14.8 Å². The van der Waals surface area contributed by atoms with Crippen LogP contribution in [0.5, 0.6) is 5.75 Å². The summed E-state index contributed by atoms with van der Waals surface area (Å²) < 4.78 is 32.1. The number of aryl methyl sites for hydroxylation is 1. The third-order valence-corrected chi connectivity index (χ3v) is 4.96. The van der Waals surface area contributed by atoms with E-state index in [0.717, 1.165) is 5.56 Å². The smallest absolute Gasteiger partial charge is 0.256 e.